The summed E-state index contributed by atoms with van der Waals surface area (Å²) in [6.07, 6.45) is 3.66. The predicted molar refractivity (Wildman–Crippen MR) is 95.1 cm³/mol. The van der Waals surface area contributed by atoms with Crippen LogP contribution < -0.4 is 5.32 Å². The van der Waals surface area contributed by atoms with Crippen molar-refractivity contribution in [2.24, 2.45) is 0 Å². The molecule has 3 aromatic heterocycles. The van der Waals surface area contributed by atoms with Gasteiger partial charge in [0.05, 0.1) is 5.69 Å². The smallest absolute Gasteiger partial charge is 0.249 e. The molecule has 136 valence electrons. The van der Waals surface area contributed by atoms with Crippen LogP contribution in [0.3, 0.4) is 0 Å². The van der Waals surface area contributed by atoms with Crippen LogP contribution in [0.15, 0.2) is 29.0 Å². The van der Waals surface area contributed by atoms with Crippen molar-refractivity contribution in [1.29, 1.82) is 0 Å². The molecule has 8 nitrogen and oxygen atoms in total. The summed E-state index contributed by atoms with van der Waals surface area (Å²) < 4.78 is 7.13. The van der Waals surface area contributed by atoms with Gasteiger partial charge in [0.2, 0.25) is 17.6 Å². The van der Waals surface area contributed by atoms with E-state index >= 15 is 0 Å². The van der Waals surface area contributed by atoms with Gasteiger partial charge in [-0.25, -0.2) is 0 Å². The van der Waals surface area contributed by atoms with Gasteiger partial charge in [0.15, 0.2) is 0 Å². The third-order valence-corrected chi connectivity index (χ3v) is 4.42. The molecular weight excluding hydrogens is 332 g/mol. The Morgan fingerprint density at radius 3 is 2.65 bits per heavy atom. The molecule has 1 N–H and O–H groups in total. The number of hydrogen-bond donors (Lipinski definition) is 1. The maximum Gasteiger partial charge on any atom is 0.249 e. The molecule has 26 heavy (non-hydrogen) atoms. The first-order chi connectivity index (χ1) is 12.5. The highest BCUT2D eigenvalue weighted by atomic mass is 16.5. The standard InChI is InChI=1S/C18H22N6O2/c1-11-12(2)22-24(14(11)4)10-7-16(25)20-13(3)18-21-17(23-26-18)15-5-8-19-9-6-15/h5-6,8-9,13H,7,10H2,1-4H3,(H,20,25)/t13-/m0/s1. The van der Waals surface area contributed by atoms with E-state index in [1.54, 1.807) is 24.5 Å². The topological polar surface area (TPSA) is 98.7 Å². The zero-order valence-electron chi connectivity index (χ0n) is 15.4. The minimum Gasteiger partial charge on any atom is -0.345 e. The molecule has 0 aliphatic heterocycles. The fraction of sp³-hybridized carbons (Fsp3) is 0.389. The minimum atomic E-state index is -0.368. The first kappa shape index (κ1) is 17.8. The largest absolute Gasteiger partial charge is 0.345 e. The second kappa shape index (κ2) is 7.47. The van der Waals surface area contributed by atoms with Gasteiger partial charge in [0, 0.05) is 36.6 Å². The van der Waals surface area contributed by atoms with Crippen LogP contribution in [-0.2, 0) is 11.3 Å². The van der Waals surface area contributed by atoms with Crippen molar-refractivity contribution < 1.29 is 9.32 Å². The Hall–Kier alpha value is -3.03. The van der Waals surface area contributed by atoms with Crippen LogP contribution in [0.1, 0.15) is 42.2 Å². The molecule has 0 saturated heterocycles. The van der Waals surface area contributed by atoms with Crippen LogP contribution in [0.5, 0.6) is 0 Å². The van der Waals surface area contributed by atoms with Gasteiger partial charge in [-0.15, -0.1) is 0 Å². The number of aromatic nitrogens is 5. The van der Waals surface area contributed by atoms with E-state index in [9.17, 15) is 4.79 Å². The number of carbonyl (C=O) groups is 1. The molecule has 0 aromatic carbocycles. The van der Waals surface area contributed by atoms with Crippen molar-refractivity contribution in [3.63, 3.8) is 0 Å². The fourth-order valence-electron chi connectivity index (χ4n) is 2.62. The van der Waals surface area contributed by atoms with Crippen LogP contribution in [-0.4, -0.2) is 30.8 Å². The monoisotopic (exact) mass is 354 g/mol. The zero-order chi connectivity index (χ0) is 18.7. The lowest BCUT2D eigenvalue weighted by molar-refractivity contribution is -0.122. The molecule has 1 amide bonds. The number of carbonyl (C=O) groups excluding carboxylic acids is 1. The summed E-state index contributed by atoms with van der Waals surface area (Å²) >= 11 is 0. The summed E-state index contributed by atoms with van der Waals surface area (Å²) in [7, 11) is 0. The van der Waals surface area contributed by atoms with Crippen molar-refractivity contribution in [2.45, 2.75) is 46.7 Å². The van der Waals surface area contributed by atoms with Crippen LogP contribution >= 0.6 is 0 Å². The summed E-state index contributed by atoms with van der Waals surface area (Å²) in [5.41, 5.74) is 4.05. The number of nitrogens with zero attached hydrogens (tertiary/aromatic N) is 5. The van der Waals surface area contributed by atoms with E-state index in [0.717, 1.165) is 22.5 Å². The van der Waals surface area contributed by atoms with Crippen molar-refractivity contribution >= 4 is 5.91 Å². The SMILES string of the molecule is Cc1nn(CCC(=O)N[C@@H](C)c2nc(-c3ccncc3)no2)c(C)c1C. The van der Waals surface area contributed by atoms with E-state index in [0.29, 0.717) is 24.7 Å². The summed E-state index contributed by atoms with van der Waals surface area (Å²) in [6, 6.07) is 3.23. The Bertz CT molecular complexity index is 900. The van der Waals surface area contributed by atoms with Crippen molar-refractivity contribution in [3.05, 3.63) is 47.4 Å². The van der Waals surface area contributed by atoms with Crippen molar-refractivity contribution in [3.8, 4) is 11.4 Å². The number of rotatable bonds is 6. The normalized spacial score (nSPS) is 12.2. The lowest BCUT2D eigenvalue weighted by Crippen LogP contribution is -2.28. The van der Waals surface area contributed by atoms with E-state index in [1.165, 1.54) is 0 Å². The lowest BCUT2D eigenvalue weighted by atomic mass is 10.2. The van der Waals surface area contributed by atoms with Crippen molar-refractivity contribution in [2.75, 3.05) is 0 Å². The predicted octanol–water partition coefficient (Wildman–Crippen LogP) is 2.52. The molecule has 3 aromatic rings. The molecule has 3 rings (SSSR count). The molecule has 0 spiro atoms. The Morgan fingerprint density at radius 2 is 2.00 bits per heavy atom. The quantitative estimate of drug-likeness (QED) is 0.730. The van der Waals surface area contributed by atoms with E-state index in [2.05, 4.69) is 25.5 Å². The van der Waals surface area contributed by atoms with Crippen LogP contribution in [0, 0.1) is 20.8 Å². The number of hydrogen-bond acceptors (Lipinski definition) is 6. The summed E-state index contributed by atoms with van der Waals surface area (Å²) in [5.74, 6) is 0.750. The molecule has 1 atom stereocenters. The van der Waals surface area contributed by atoms with Gasteiger partial charge in [0.1, 0.15) is 6.04 Å². The Labute approximate surface area is 151 Å². The molecule has 0 fully saturated rings. The zero-order valence-corrected chi connectivity index (χ0v) is 15.4. The Morgan fingerprint density at radius 1 is 1.27 bits per heavy atom. The summed E-state index contributed by atoms with van der Waals surface area (Å²) in [5, 5.41) is 11.3. The third-order valence-electron chi connectivity index (χ3n) is 4.42. The first-order valence-electron chi connectivity index (χ1n) is 8.49. The van der Waals surface area contributed by atoms with Gasteiger partial charge < -0.3 is 9.84 Å². The average molecular weight is 354 g/mol. The second-order valence-electron chi connectivity index (χ2n) is 6.25. The van der Waals surface area contributed by atoms with Crippen LogP contribution in [0.4, 0.5) is 0 Å². The van der Waals surface area contributed by atoms with E-state index < -0.39 is 0 Å². The summed E-state index contributed by atoms with van der Waals surface area (Å²) in [6.45, 7) is 8.36. The van der Waals surface area contributed by atoms with Crippen LogP contribution in [0.25, 0.3) is 11.4 Å². The molecular formula is C18H22N6O2. The first-order valence-corrected chi connectivity index (χ1v) is 8.49. The fourth-order valence-corrected chi connectivity index (χ4v) is 2.62. The maximum atomic E-state index is 12.2. The van der Waals surface area contributed by atoms with Gasteiger partial charge in [-0.2, -0.15) is 10.1 Å². The third kappa shape index (κ3) is 3.79. The van der Waals surface area contributed by atoms with Gasteiger partial charge in [-0.05, 0) is 45.4 Å². The molecule has 0 aliphatic rings. The molecule has 0 radical (unpaired) electrons. The van der Waals surface area contributed by atoms with Gasteiger partial charge in [0.25, 0.3) is 0 Å². The summed E-state index contributed by atoms with van der Waals surface area (Å²) in [4.78, 5) is 20.5. The molecule has 0 unspecified atom stereocenters. The molecule has 8 heteroatoms. The van der Waals surface area contributed by atoms with Gasteiger partial charge in [-0.1, -0.05) is 5.16 Å². The number of amides is 1. The van der Waals surface area contributed by atoms with Crippen LogP contribution in [0.2, 0.25) is 0 Å². The Kier molecular flexibility index (Phi) is 5.11. The van der Waals surface area contributed by atoms with E-state index in [-0.39, 0.29) is 11.9 Å². The minimum absolute atomic E-state index is 0.0913. The Balaban J connectivity index is 1.57. The van der Waals surface area contributed by atoms with Crippen molar-refractivity contribution in [1.82, 2.24) is 30.2 Å². The van der Waals surface area contributed by atoms with Gasteiger partial charge in [-0.3, -0.25) is 14.5 Å². The molecule has 0 bridgehead atoms. The maximum absolute atomic E-state index is 12.2. The average Bonchev–Trinajstić information content (AvgIpc) is 3.22. The van der Waals surface area contributed by atoms with E-state index in [4.69, 9.17) is 4.52 Å². The lowest BCUT2D eigenvalue weighted by Gasteiger charge is -2.10. The highest BCUT2D eigenvalue weighted by Gasteiger charge is 2.18. The number of nitrogens with one attached hydrogen (secondary N) is 1. The van der Waals surface area contributed by atoms with Gasteiger partial charge >= 0.3 is 0 Å². The number of aryl methyl sites for hydroxylation is 2. The molecule has 0 aliphatic carbocycles. The second-order valence-corrected chi connectivity index (χ2v) is 6.25. The highest BCUT2D eigenvalue weighted by Crippen LogP contribution is 2.18. The number of pyridine rings is 1. The molecule has 3 heterocycles. The molecule has 0 saturated carbocycles. The highest BCUT2D eigenvalue weighted by molar-refractivity contribution is 5.76. The van der Waals surface area contributed by atoms with E-state index in [1.807, 2.05) is 32.4 Å².